The molecular formula is C14H20S. The molecule has 1 aromatic rings. The van der Waals surface area contributed by atoms with E-state index in [1.807, 2.05) is 11.8 Å². The van der Waals surface area contributed by atoms with Gasteiger partial charge in [-0.15, -0.1) is 11.8 Å². The van der Waals surface area contributed by atoms with Gasteiger partial charge in [-0.3, -0.25) is 0 Å². The number of rotatable bonds is 3. The van der Waals surface area contributed by atoms with Crippen LogP contribution in [0.4, 0.5) is 0 Å². The largest absolute Gasteiger partial charge is 0.126 e. The van der Waals surface area contributed by atoms with Crippen molar-refractivity contribution in [3.05, 3.63) is 29.8 Å². The Morgan fingerprint density at radius 3 is 2.73 bits per heavy atom. The number of thioether (sulfide) groups is 1. The average molecular weight is 220 g/mol. The van der Waals surface area contributed by atoms with E-state index < -0.39 is 0 Å². The number of benzene rings is 1. The summed E-state index contributed by atoms with van der Waals surface area (Å²) in [6, 6.07) is 8.87. The van der Waals surface area contributed by atoms with Crippen LogP contribution in [0.5, 0.6) is 0 Å². The third-order valence-corrected chi connectivity index (χ3v) is 4.43. The maximum atomic E-state index is 2.30. The van der Waals surface area contributed by atoms with Crippen LogP contribution in [-0.4, -0.2) is 5.75 Å². The summed E-state index contributed by atoms with van der Waals surface area (Å²) in [4.78, 5) is 1.44. The van der Waals surface area contributed by atoms with E-state index in [1.165, 1.54) is 48.3 Å². The fraction of sp³-hybridized carbons (Fsp3) is 0.571. The van der Waals surface area contributed by atoms with Crippen molar-refractivity contribution in [2.45, 2.75) is 43.9 Å². The molecule has 1 fully saturated rings. The van der Waals surface area contributed by atoms with E-state index in [0.29, 0.717) is 0 Å². The first-order chi connectivity index (χ1) is 7.34. The SMILES string of the molecule is Cc1cccc(SCC2CCCCC2)c1. The van der Waals surface area contributed by atoms with Gasteiger partial charge in [0.05, 0.1) is 0 Å². The van der Waals surface area contributed by atoms with Crippen molar-refractivity contribution in [1.82, 2.24) is 0 Å². The molecule has 0 aliphatic heterocycles. The van der Waals surface area contributed by atoms with Gasteiger partial charge in [0.2, 0.25) is 0 Å². The van der Waals surface area contributed by atoms with E-state index in [2.05, 4.69) is 31.2 Å². The van der Waals surface area contributed by atoms with Gasteiger partial charge in [0.25, 0.3) is 0 Å². The molecule has 0 heterocycles. The molecule has 82 valence electrons. The van der Waals surface area contributed by atoms with Crippen LogP contribution in [0.25, 0.3) is 0 Å². The van der Waals surface area contributed by atoms with Crippen molar-refractivity contribution >= 4 is 11.8 Å². The minimum Gasteiger partial charge on any atom is -0.126 e. The lowest BCUT2D eigenvalue weighted by Crippen LogP contribution is -2.08. The van der Waals surface area contributed by atoms with Crippen molar-refractivity contribution in [3.63, 3.8) is 0 Å². The first-order valence-corrected chi connectivity index (χ1v) is 7.02. The Morgan fingerprint density at radius 1 is 1.20 bits per heavy atom. The average Bonchev–Trinajstić information content (AvgIpc) is 2.28. The predicted molar refractivity (Wildman–Crippen MR) is 68.5 cm³/mol. The van der Waals surface area contributed by atoms with Crippen LogP contribution in [-0.2, 0) is 0 Å². The van der Waals surface area contributed by atoms with Crippen LogP contribution < -0.4 is 0 Å². The summed E-state index contributed by atoms with van der Waals surface area (Å²) in [6.07, 6.45) is 7.29. The summed E-state index contributed by atoms with van der Waals surface area (Å²) in [5, 5.41) is 0. The van der Waals surface area contributed by atoms with Gasteiger partial charge < -0.3 is 0 Å². The second kappa shape index (κ2) is 5.60. The molecule has 0 N–H and O–H groups in total. The lowest BCUT2D eigenvalue weighted by atomic mass is 9.91. The molecule has 0 bridgehead atoms. The molecule has 0 nitrogen and oxygen atoms in total. The molecule has 0 amide bonds. The fourth-order valence-electron chi connectivity index (χ4n) is 2.27. The maximum Gasteiger partial charge on any atom is 0.00746 e. The number of hydrogen-bond acceptors (Lipinski definition) is 1. The Kier molecular flexibility index (Phi) is 4.13. The smallest absolute Gasteiger partial charge is 0.00746 e. The zero-order chi connectivity index (χ0) is 10.5. The summed E-state index contributed by atoms with van der Waals surface area (Å²) in [5.74, 6) is 2.30. The van der Waals surface area contributed by atoms with Gasteiger partial charge in [-0.25, -0.2) is 0 Å². The molecule has 0 aromatic heterocycles. The van der Waals surface area contributed by atoms with Crippen molar-refractivity contribution in [1.29, 1.82) is 0 Å². The minimum atomic E-state index is 0.976. The highest BCUT2D eigenvalue weighted by Gasteiger charge is 2.13. The van der Waals surface area contributed by atoms with E-state index in [1.54, 1.807) is 0 Å². The molecule has 0 atom stereocenters. The molecule has 0 unspecified atom stereocenters. The molecule has 1 aliphatic rings. The molecule has 1 aromatic carbocycles. The second-order valence-corrected chi connectivity index (χ2v) is 5.72. The first kappa shape index (κ1) is 11.1. The van der Waals surface area contributed by atoms with Gasteiger partial charge in [0, 0.05) is 10.6 Å². The van der Waals surface area contributed by atoms with Crippen LogP contribution in [0, 0.1) is 12.8 Å². The van der Waals surface area contributed by atoms with Gasteiger partial charge in [-0.1, -0.05) is 37.0 Å². The molecule has 15 heavy (non-hydrogen) atoms. The van der Waals surface area contributed by atoms with Gasteiger partial charge in [0.1, 0.15) is 0 Å². The van der Waals surface area contributed by atoms with Crippen molar-refractivity contribution in [2.24, 2.45) is 5.92 Å². The topological polar surface area (TPSA) is 0 Å². The maximum absolute atomic E-state index is 2.30. The van der Waals surface area contributed by atoms with E-state index in [-0.39, 0.29) is 0 Å². The molecule has 0 spiro atoms. The molecule has 1 heteroatoms. The van der Waals surface area contributed by atoms with E-state index in [4.69, 9.17) is 0 Å². The molecule has 0 saturated heterocycles. The van der Waals surface area contributed by atoms with Gasteiger partial charge in [-0.05, 0) is 37.8 Å². The lowest BCUT2D eigenvalue weighted by molar-refractivity contribution is 0.391. The van der Waals surface area contributed by atoms with Crippen LogP contribution in [0.15, 0.2) is 29.2 Å². The quantitative estimate of drug-likeness (QED) is 0.667. The van der Waals surface area contributed by atoms with Crippen LogP contribution in [0.2, 0.25) is 0 Å². The van der Waals surface area contributed by atoms with Crippen LogP contribution in [0.1, 0.15) is 37.7 Å². The Hall–Kier alpha value is -0.430. The second-order valence-electron chi connectivity index (χ2n) is 4.63. The molecule has 2 rings (SSSR count). The van der Waals surface area contributed by atoms with Crippen LogP contribution in [0.3, 0.4) is 0 Å². The summed E-state index contributed by atoms with van der Waals surface area (Å²) < 4.78 is 0. The van der Waals surface area contributed by atoms with Crippen molar-refractivity contribution < 1.29 is 0 Å². The zero-order valence-corrected chi connectivity index (χ0v) is 10.4. The lowest BCUT2D eigenvalue weighted by Gasteiger charge is -2.20. The Balaban J connectivity index is 1.81. The monoisotopic (exact) mass is 220 g/mol. The fourth-order valence-corrected chi connectivity index (χ4v) is 3.48. The Bertz CT molecular complexity index is 300. The number of aryl methyl sites for hydroxylation is 1. The highest BCUT2D eigenvalue weighted by molar-refractivity contribution is 7.99. The van der Waals surface area contributed by atoms with E-state index in [9.17, 15) is 0 Å². The summed E-state index contributed by atoms with van der Waals surface area (Å²) in [6.45, 7) is 2.17. The summed E-state index contributed by atoms with van der Waals surface area (Å²) in [5.41, 5.74) is 1.38. The standard InChI is InChI=1S/C14H20S/c1-12-6-5-9-14(10-12)15-11-13-7-3-2-4-8-13/h5-6,9-10,13H,2-4,7-8,11H2,1H3. The van der Waals surface area contributed by atoms with E-state index in [0.717, 1.165) is 5.92 Å². The third kappa shape index (κ3) is 3.57. The minimum absolute atomic E-state index is 0.976. The van der Waals surface area contributed by atoms with Gasteiger partial charge >= 0.3 is 0 Å². The van der Waals surface area contributed by atoms with Crippen molar-refractivity contribution in [2.75, 3.05) is 5.75 Å². The molecule has 0 radical (unpaired) electrons. The molecule has 1 aliphatic carbocycles. The normalized spacial score (nSPS) is 17.9. The third-order valence-electron chi connectivity index (χ3n) is 3.20. The van der Waals surface area contributed by atoms with Crippen LogP contribution >= 0.6 is 11.8 Å². The highest BCUT2D eigenvalue weighted by Crippen LogP contribution is 2.30. The van der Waals surface area contributed by atoms with Crippen molar-refractivity contribution in [3.8, 4) is 0 Å². The summed E-state index contributed by atoms with van der Waals surface area (Å²) in [7, 11) is 0. The predicted octanol–water partition coefficient (Wildman–Crippen LogP) is 4.67. The highest BCUT2D eigenvalue weighted by atomic mass is 32.2. The van der Waals surface area contributed by atoms with Gasteiger partial charge in [-0.2, -0.15) is 0 Å². The Morgan fingerprint density at radius 2 is 2.00 bits per heavy atom. The van der Waals surface area contributed by atoms with Gasteiger partial charge in [0.15, 0.2) is 0 Å². The molecule has 1 saturated carbocycles. The van der Waals surface area contributed by atoms with E-state index >= 15 is 0 Å². The molecular weight excluding hydrogens is 200 g/mol. The zero-order valence-electron chi connectivity index (χ0n) is 9.54. The first-order valence-electron chi connectivity index (χ1n) is 6.04. The number of hydrogen-bond donors (Lipinski definition) is 0. The Labute approximate surface area is 97.5 Å². The summed E-state index contributed by atoms with van der Waals surface area (Å²) >= 11 is 2.04.